The number of hydrogen-bond acceptors (Lipinski definition) is 5. The number of rotatable bonds is 4. The number of nitrogens with zero attached hydrogens (tertiary/aromatic N) is 3. The van der Waals surface area contributed by atoms with Crippen molar-refractivity contribution in [1.29, 1.82) is 4.78 Å². The number of fused-ring (bicyclic) bond motifs is 1. The van der Waals surface area contributed by atoms with Crippen LogP contribution in [0, 0.1) is 10.7 Å². The van der Waals surface area contributed by atoms with Crippen molar-refractivity contribution in [3.63, 3.8) is 0 Å². The molecule has 1 aliphatic carbocycles. The van der Waals surface area contributed by atoms with Gasteiger partial charge in [-0.3, -0.25) is 8.99 Å². The number of H-pyrrole nitrogens is 1. The van der Waals surface area contributed by atoms with Crippen LogP contribution in [-0.4, -0.2) is 44.3 Å². The molecule has 0 aromatic carbocycles. The smallest absolute Gasteiger partial charge is 0.142 e. The Bertz CT molecular complexity index is 746. The van der Waals surface area contributed by atoms with Gasteiger partial charge in [-0.2, -0.15) is 0 Å². The fraction of sp³-hybridized carbons (Fsp3) is 0.600. The number of anilines is 1. The molecule has 7 heteroatoms. The Balaban J connectivity index is 1.70. The van der Waals surface area contributed by atoms with Gasteiger partial charge in [-0.25, -0.2) is 9.97 Å². The summed E-state index contributed by atoms with van der Waals surface area (Å²) in [7, 11) is -0.283. The predicted octanol–water partition coefficient (Wildman–Crippen LogP) is 2.63. The fourth-order valence-corrected chi connectivity index (χ4v) is 4.69. The molecule has 1 fully saturated rings. The molecule has 2 aromatic heterocycles. The Hall–Kier alpha value is -1.63. The molecule has 0 amide bonds. The van der Waals surface area contributed by atoms with Gasteiger partial charge in [0.05, 0.1) is 5.39 Å². The molecule has 6 nitrogen and oxygen atoms in total. The Kier molecular flexibility index (Phi) is 4.08. The SMILES string of the molecule is CN(c1ncnc2[nH]ccc12)C1CCC(C[S@@](C)(=N)=O)CC1. The lowest BCUT2D eigenvalue weighted by Gasteiger charge is -2.35. The van der Waals surface area contributed by atoms with Crippen LogP contribution in [0.15, 0.2) is 18.6 Å². The van der Waals surface area contributed by atoms with Crippen LogP contribution in [0.1, 0.15) is 25.7 Å². The topological polar surface area (TPSA) is 85.7 Å². The van der Waals surface area contributed by atoms with E-state index in [1.807, 2.05) is 12.3 Å². The van der Waals surface area contributed by atoms with Crippen LogP contribution in [0.5, 0.6) is 0 Å². The van der Waals surface area contributed by atoms with E-state index in [0.29, 0.717) is 17.7 Å². The molecule has 120 valence electrons. The van der Waals surface area contributed by atoms with Crippen molar-refractivity contribution in [3.8, 4) is 0 Å². The second-order valence-electron chi connectivity index (χ2n) is 6.39. The highest BCUT2D eigenvalue weighted by molar-refractivity contribution is 7.91. The molecule has 0 unspecified atom stereocenters. The normalized spacial score (nSPS) is 25.0. The molecule has 1 atom stereocenters. The molecule has 2 N–H and O–H groups in total. The first-order chi connectivity index (χ1) is 10.4. The average Bonchev–Trinajstić information content (AvgIpc) is 2.94. The molecule has 1 aliphatic rings. The second-order valence-corrected chi connectivity index (χ2v) is 8.74. The van der Waals surface area contributed by atoms with Crippen molar-refractivity contribution in [2.45, 2.75) is 31.7 Å². The zero-order valence-corrected chi connectivity index (χ0v) is 13.9. The third-order valence-electron chi connectivity index (χ3n) is 4.58. The van der Waals surface area contributed by atoms with Gasteiger partial charge in [-0.15, -0.1) is 0 Å². The first-order valence-electron chi connectivity index (χ1n) is 7.66. The lowest BCUT2D eigenvalue weighted by Crippen LogP contribution is -2.36. The highest BCUT2D eigenvalue weighted by atomic mass is 32.2. The van der Waals surface area contributed by atoms with Crippen LogP contribution in [0.4, 0.5) is 5.82 Å². The summed E-state index contributed by atoms with van der Waals surface area (Å²) in [5.74, 6) is 1.94. The van der Waals surface area contributed by atoms with Crippen molar-refractivity contribution < 1.29 is 4.21 Å². The van der Waals surface area contributed by atoms with Gasteiger partial charge in [-0.1, -0.05) is 0 Å². The van der Waals surface area contributed by atoms with E-state index < -0.39 is 9.73 Å². The Labute approximate surface area is 131 Å². The standard InChI is InChI=1S/C15H23N5OS/c1-20(15-13-7-8-17-14(13)18-10-19-15)12-5-3-11(4-6-12)9-22(2,16)21/h7-8,10-12,16H,3-6,9H2,1-2H3,(H,17,18,19)/t11?,12?,22-/m0/s1. The first-order valence-corrected chi connectivity index (χ1v) is 9.80. The predicted molar refractivity (Wildman–Crippen MR) is 89.7 cm³/mol. The highest BCUT2D eigenvalue weighted by Crippen LogP contribution is 2.31. The summed E-state index contributed by atoms with van der Waals surface area (Å²) in [6, 6.07) is 2.46. The summed E-state index contributed by atoms with van der Waals surface area (Å²) in [6.45, 7) is 0. The minimum Gasteiger partial charge on any atom is -0.356 e. The largest absolute Gasteiger partial charge is 0.356 e. The zero-order chi connectivity index (χ0) is 15.7. The van der Waals surface area contributed by atoms with Crippen LogP contribution in [0.25, 0.3) is 11.0 Å². The zero-order valence-electron chi connectivity index (χ0n) is 13.1. The van der Waals surface area contributed by atoms with Crippen LogP contribution in [0.2, 0.25) is 0 Å². The summed E-state index contributed by atoms with van der Waals surface area (Å²) in [5, 5.41) is 1.05. The van der Waals surface area contributed by atoms with Gasteiger partial charge in [0.15, 0.2) is 0 Å². The number of aromatic amines is 1. The minimum atomic E-state index is -2.37. The molecule has 3 rings (SSSR count). The maximum Gasteiger partial charge on any atom is 0.142 e. The Morgan fingerprint density at radius 1 is 1.36 bits per heavy atom. The lowest BCUT2D eigenvalue weighted by atomic mass is 9.86. The van der Waals surface area contributed by atoms with E-state index in [9.17, 15) is 4.21 Å². The monoisotopic (exact) mass is 321 g/mol. The third-order valence-corrected chi connectivity index (χ3v) is 5.69. The van der Waals surface area contributed by atoms with E-state index in [2.05, 4.69) is 26.9 Å². The number of nitrogens with one attached hydrogen (secondary N) is 2. The van der Waals surface area contributed by atoms with Crippen LogP contribution in [-0.2, 0) is 9.73 Å². The Morgan fingerprint density at radius 2 is 2.09 bits per heavy atom. The van der Waals surface area contributed by atoms with Gasteiger partial charge in [0, 0.05) is 41.0 Å². The molecule has 2 heterocycles. The summed E-state index contributed by atoms with van der Waals surface area (Å²) in [6.07, 6.45) is 9.25. The average molecular weight is 321 g/mol. The fourth-order valence-electron chi connectivity index (χ4n) is 3.46. The molecule has 0 saturated heterocycles. The van der Waals surface area contributed by atoms with Crippen LogP contribution in [0.3, 0.4) is 0 Å². The lowest BCUT2D eigenvalue weighted by molar-refractivity contribution is 0.342. The quantitative estimate of drug-likeness (QED) is 0.906. The molecule has 0 radical (unpaired) electrons. The summed E-state index contributed by atoms with van der Waals surface area (Å²) in [4.78, 5) is 14.1. The molecular formula is C15H23N5OS. The molecule has 0 spiro atoms. The van der Waals surface area contributed by atoms with Crippen molar-refractivity contribution in [2.75, 3.05) is 24.0 Å². The van der Waals surface area contributed by atoms with Gasteiger partial charge >= 0.3 is 0 Å². The van der Waals surface area contributed by atoms with E-state index in [4.69, 9.17) is 4.78 Å². The van der Waals surface area contributed by atoms with Gasteiger partial charge < -0.3 is 9.88 Å². The van der Waals surface area contributed by atoms with Crippen molar-refractivity contribution in [3.05, 3.63) is 18.6 Å². The number of hydrogen-bond donors (Lipinski definition) is 2. The van der Waals surface area contributed by atoms with E-state index >= 15 is 0 Å². The van der Waals surface area contributed by atoms with Crippen molar-refractivity contribution in [1.82, 2.24) is 15.0 Å². The second kappa shape index (κ2) is 5.87. The summed E-state index contributed by atoms with van der Waals surface area (Å²) in [5.41, 5.74) is 0.866. The third kappa shape index (κ3) is 3.24. The molecule has 2 aromatic rings. The first kappa shape index (κ1) is 15.3. The Morgan fingerprint density at radius 3 is 2.77 bits per heavy atom. The van der Waals surface area contributed by atoms with Crippen LogP contribution < -0.4 is 4.90 Å². The maximum atomic E-state index is 11.6. The van der Waals surface area contributed by atoms with Crippen molar-refractivity contribution >= 4 is 26.6 Å². The number of aromatic nitrogens is 3. The maximum absolute atomic E-state index is 11.6. The molecule has 0 bridgehead atoms. The van der Waals surface area contributed by atoms with E-state index in [-0.39, 0.29) is 0 Å². The molecule has 0 aliphatic heterocycles. The molecule has 22 heavy (non-hydrogen) atoms. The minimum absolute atomic E-state index is 0.428. The van der Waals surface area contributed by atoms with Crippen molar-refractivity contribution in [2.24, 2.45) is 5.92 Å². The van der Waals surface area contributed by atoms with Gasteiger partial charge in [0.25, 0.3) is 0 Å². The van der Waals surface area contributed by atoms with Gasteiger partial charge in [-0.05, 0) is 37.7 Å². The summed E-state index contributed by atoms with van der Waals surface area (Å²) >= 11 is 0. The van der Waals surface area contributed by atoms with E-state index in [1.54, 1.807) is 12.6 Å². The van der Waals surface area contributed by atoms with E-state index in [1.165, 1.54) is 0 Å². The van der Waals surface area contributed by atoms with Gasteiger partial charge in [0.2, 0.25) is 0 Å². The molecule has 1 saturated carbocycles. The molecular weight excluding hydrogens is 298 g/mol. The van der Waals surface area contributed by atoms with Gasteiger partial charge in [0.1, 0.15) is 17.8 Å². The summed E-state index contributed by atoms with van der Waals surface area (Å²) < 4.78 is 19.3. The highest BCUT2D eigenvalue weighted by Gasteiger charge is 2.26. The van der Waals surface area contributed by atoms with Crippen LogP contribution >= 0.6 is 0 Å². The van der Waals surface area contributed by atoms with E-state index in [0.717, 1.165) is 42.5 Å².